The second kappa shape index (κ2) is 4.45. The van der Waals surface area contributed by atoms with E-state index >= 15 is 0 Å². The Bertz CT molecular complexity index is 611. The molecule has 4 rings (SSSR count). The van der Waals surface area contributed by atoms with Crippen molar-refractivity contribution in [3.8, 4) is 0 Å². The molecule has 0 unspecified atom stereocenters. The van der Waals surface area contributed by atoms with Crippen LogP contribution >= 0.6 is 0 Å². The highest BCUT2D eigenvalue weighted by molar-refractivity contribution is 5.99. The van der Waals surface area contributed by atoms with Gasteiger partial charge >= 0.3 is 0 Å². The van der Waals surface area contributed by atoms with Crippen LogP contribution in [0.15, 0.2) is 47.2 Å². The van der Waals surface area contributed by atoms with Crippen molar-refractivity contribution in [2.45, 2.75) is 25.0 Å². The van der Waals surface area contributed by atoms with Crippen LogP contribution in [-0.2, 0) is 4.79 Å². The van der Waals surface area contributed by atoms with Gasteiger partial charge in [0.1, 0.15) is 11.6 Å². The molecule has 2 aliphatic heterocycles. The number of aromatic nitrogens is 1. The molecule has 5 heteroatoms. The summed E-state index contributed by atoms with van der Waals surface area (Å²) in [7, 11) is 0. The first-order valence-electron chi connectivity index (χ1n) is 6.89. The number of pyridine rings is 1. The lowest BCUT2D eigenvalue weighted by molar-refractivity contribution is -0.119. The van der Waals surface area contributed by atoms with E-state index in [-0.39, 0.29) is 18.1 Å². The number of hydrogen-bond acceptors (Lipinski definition) is 4. The van der Waals surface area contributed by atoms with Gasteiger partial charge in [0.2, 0.25) is 5.91 Å². The summed E-state index contributed by atoms with van der Waals surface area (Å²) in [5.41, 5.74) is 0. The summed E-state index contributed by atoms with van der Waals surface area (Å²) in [6.45, 7) is 0.922. The lowest BCUT2D eigenvalue weighted by Crippen LogP contribution is -2.32. The van der Waals surface area contributed by atoms with E-state index in [1.807, 2.05) is 30.3 Å². The molecular weight excluding hydrogens is 254 g/mol. The second-order valence-electron chi connectivity index (χ2n) is 5.18. The number of rotatable bonds is 2. The minimum absolute atomic E-state index is 0.0351. The Balaban J connectivity index is 1.81. The molecule has 2 saturated heterocycles. The van der Waals surface area contributed by atoms with E-state index in [4.69, 9.17) is 4.42 Å². The Kier molecular flexibility index (Phi) is 2.60. The fourth-order valence-electron chi connectivity index (χ4n) is 3.24. The summed E-state index contributed by atoms with van der Waals surface area (Å²) in [4.78, 5) is 21.0. The molecule has 0 saturated carbocycles. The molecule has 2 aromatic heterocycles. The summed E-state index contributed by atoms with van der Waals surface area (Å²) in [6, 6.07) is 9.38. The molecule has 0 N–H and O–H groups in total. The van der Waals surface area contributed by atoms with Gasteiger partial charge in [0, 0.05) is 12.7 Å². The normalized spacial score (nSPS) is 26.2. The topological polar surface area (TPSA) is 49.6 Å². The first-order chi connectivity index (χ1) is 9.86. The summed E-state index contributed by atoms with van der Waals surface area (Å²) in [6.07, 6.45) is 5.17. The molecule has 20 heavy (non-hydrogen) atoms. The average Bonchev–Trinajstić information content (AvgIpc) is 3.18. The fourth-order valence-corrected chi connectivity index (χ4v) is 3.24. The van der Waals surface area contributed by atoms with Crippen molar-refractivity contribution >= 4 is 11.7 Å². The van der Waals surface area contributed by atoms with Gasteiger partial charge < -0.3 is 4.42 Å². The lowest BCUT2D eigenvalue weighted by atomic mass is 10.2. The maximum absolute atomic E-state index is 12.7. The SMILES string of the molecule is O=C1[C@H]2CCCN2[C@H](c2ccco2)N1c1ccccn1. The predicted molar refractivity (Wildman–Crippen MR) is 72.9 cm³/mol. The minimum atomic E-state index is -0.167. The molecule has 2 aromatic rings. The molecule has 2 fully saturated rings. The number of fused-ring (bicyclic) bond motifs is 1. The molecule has 0 spiro atoms. The van der Waals surface area contributed by atoms with Crippen LogP contribution in [0.25, 0.3) is 0 Å². The van der Waals surface area contributed by atoms with E-state index in [2.05, 4.69) is 9.88 Å². The van der Waals surface area contributed by atoms with E-state index < -0.39 is 0 Å². The summed E-state index contributed by atoms with van der Waals surface area (Å²) >= 11 is 0. The summed E-state index contributed by atoms with van der Waals surface area (Å²) in [5, 5.41) is 0. The van der Waals surface area contributed by atoms with E-state index in [0.29, 0.717) is 5.82 Å². The average molecular weight is 269 g/mol. The molecule has 1 amide bonds. The van der Waals surface area contributed by atoms with Crippen LogP contribution in [-0.4, -0.2) is 28.4 Å². The number of furan rings is 1. The first kappa shape index (κ1) is 11.7. The quantitative estimate of drug-likeness (QED) is 0.838. The molecule has 0 radical (unpaired) electrons. The van der Waals surface area contributed by atoms with Crippen molar-refractivity contribution in [2.75, 3.05) is 11.4 Å². The van der Waals surface area contributed by atoms with Crippen molar-refractivity contribution in [3.63, 3.8) is 0 Å². The number of carbonyl (C=O) groups is 1. The lowest BCUT2D eigenvalue weighted by Gasteiger charge is -2.26. The molecule has 2 aliphatic rings. The first-order valence-corrected chi connectivity index (χ1v) is 6.89. The van der Waals surface area contributed by atoms with E-state index in [9.17, 15) is 4.79 Å². The van der Waals surface area contributed by atoms with Gasteiger partial charge in [0.15, 0.2) is 6.17 Å². The van der Waals surface area contributed by atoms with Gasteiger partial charge in [0.25, 0.3) is 0 Å². The van der Waals surface area contributed by atoms with Gasteiger partial charge in [-0.15, -0.1) is 0 Å². The third-order valence-corrected chi connectivity index (χ3v) is 4.07. The number of hydrogen-bond donors (Lipinski definition) is 0. The van der Waals surface area contributed by atoms with Crippen LogP contribution in [0.2, 0.25) is 0 Å². The molecule has 0 bridgehead atoms. The second-order valence-corrected chi connectivity index (χ2v) is 5.18. The highest BCUT2D eigenvalue weighted by atomic mass is 16.3. The molecule has 0 aromatic carbocycles. The van der Waals surface area contributed by atoms with Gasteiger partial charge in [-0.1, -0.05) is 6.07 Å². The van der Waals surface area contributed by atoms with Crippen LogP contribution in [0.4, 0.5) is 5.82 Å². The molecule has 4 heterocycles. The smallest absolute Gasteiger partial charge is 0.247 e. The zero-order valence-corrected chi connectivity index (χ0v) is 11.0. The number of carbonyl (C=O) groups excluding carboxylic acids is 1. The Morgan fingerprint density at radius 3 is 2.95 bits per heavy atom. The molecule has 2 atom stereocenters. The maximum atomic E-state index is 12.7. The van der Waals surface area contributed by atoms with Gasteiger partial charge in [-0.25, -0.2) is 4.98 Å². The van der Waals surface area contributed by atoms with E-state index in [0.717, 1.165) is 25.1 Å². The van der Waals surface area contributed by atoms with Gasteiger partial charge in [-0.2, -0.15) is 0 Å². The van der Waals surface area contributed by atoms with Crippen molar-refractivity contribution in [1.29, 1.82) is 0 Å². The van der Waals surface area contributed by atoms with Crippen LogP contribution in [0.3, 0.4) is 0 Å². The van der Waals surface area contributed by atoms with Crippen LogP contribution in [0.5, 0.6) is 0 Å². The molecule has 5 nitrogen and oxygen atoms in total. The predicted octanol–water partition coefficient (Wildman–Crippen LogP) is 2.18. The number of nitrogens with zero attached hydrogens (tertiary/aromatic N) is 3. The zero-order valence-electron chi connectivity index (χ0n) is 11.0. The van der Waals surface area contributed by atoms with Crippen molar-refractivity contribution in [3.05, 3.63) is 48.6 Å². The van der Waals surface area contributed by atoms with Crippen molar-refractivity contribution in [1.82, 2.24) is 9.88 Å². The number of anilines is 1. The summed E-state index contributed by atoms with van der Waals surface area (Å²) in [5.74, 6) is 1.62. The van der Waals surface area contributed by atoms with Crippen molar-refractivity contribution in [2.24, 2.45) is 0 Å². The largest absolute Gasteiger partial charge is 0.466 e. The van der Waals surface area contributed by atoms with Gasteiger partial charge in [-0.3, -0.25) is 14.6 Å². The van der Waals surface area contributed by atoms with Crippen molar-refractivity contribution < 1.29 is 9.21 Å². The van der Waals surface area contributed by atoms with Gasteiger partial charge in [0.05, 0.1) is 12.3 Å². The fraction of sp³-hybridized carbons (Fsp3) is 0.333. The zero-order chi connectivity index (χ0) is 13.5. The minimum Gasteiger partial charge on any atom is -0.466 e. The van der Waals surface area contributed by atoms with Crippen LogP contribution in [0, 0.1) is 0 Å². The van der Waals surface area contributed by atoms with E-state index in [1.165, 1.54) is 0 Å². The number of amides is 1. The molecule has 0 aliphatic carbocycles. The van der Waals surface area contributed by atoms with E-state index in [1.54, 1.807) is 17.4 Å². The Morgan fingerprint density at radius 2 is 2.20 bits per heavy atom. The standard InChI is InChI=1S/C15H15N3O2/c19-15-11-5-3-9-17(11)14(12-6-4-10-20-12)18(15)13-7-1-2-8-16-13/h1-2,4,6-8,10-11,14H,3,5,9H2/t11-,14+/m1/s1. The Hall–Kier alpha value is -2.14. The summed E-state index contributed by atoms with van der Waals surface area (Å²) < 4.78 is 5.56. The van der Waals surface area contributed by atoms with Crippen LogP contribution < -0.4 is 4.90 Å². The molecule has 102 valence electrons. The monoisotopic (exact) mass is 269 g/mol. The van der Waals surface area contributed by atoms with Gasteiger partial charge in [-0.05, 0) is 37.1 Å². The molecular formula is C15H15N3O2. The third-order valence-electron chi connectivity index (χ3n) is 4.07. The Morgan fingerprint density at radius 1 is 1.25 bits per heavy atom. The third kappa shape index (κ3) is 1.59. The highest BCUT2D eigenvalue weighted by Crippen LogP contribution is 2.41. The Labute approximate surface area is 116 Å². The van der Waals surface area contributed by atoms with Crippen LogP contribution in [0.1, 0.15) is 24.8 Å². The maximum Gasteiger partial charge on any atom is 0.247 e. The highest BCUT2D eigenvalue weighted by Gasteiger charge is 2.50.